The zero-order valence-corrected chi connectivity index (χ0v) is 19.8. The van der Waals surface area contributed by atoms with Crippen molar-refractivity contribution in [1.29, 1.82) is 0 Å². The molecule has 168 valence electrons. The highest BCUT2D eigenvalue weighted by Gasteiger charge is 2.28. The number of carbonyl (C=O) groups excluding carboxylic acids is 2. The van der Waals surface area contributed by atoms with Gasteiger partial charge in [-0.25, -0.2) is 9.59 Å². The van der Waals surface area contributed by atoms with Gasteiger partial charge in [0.2, 0.25) is 0 Å². The van der Waals surface area contributed by atoms with Crippen LogP contribution in [0.4, 0.5) is 9.80 Å². The first-order valence-corrected chi connectivity index (χ1v) is 12.9. The summed E-state index contributed by atoms with van der Waals surface area (Å²) >= 11 is 3.34. The van der Waals surface area contributed by atoms with Crippen molar-refractivity contribution in [2.24, 2.45) is 0 Å². The fourth-order valence-corrected chi connectivity index (χ4v) is 7.35. The van der Waals surface area contributed by atoms with Gasteiger partial charge in [0.1, 0.15) is 10.0 Å². The van der Waals surface area contributed by atoms with Crippen molar-refractivity contribution in [3.05, 3.63) is 56.5 Å². The maximum Gasteiger partial charge on any atom is 0.341 e. The average Bonchev–Trinajstić information content (AvgIpc) is 3.55. The lowest BCUT2D eigenvalue weighted by Gasteiger charge is -2.14. The number of hydrogen-bond donors (Lipinski definition) is 2. The van der Waals surface area contributed by atoms with E-state index in [4.69, 9.17) is 4.74 Å². The molecule has 3 aromatic heterocycles. The van der Waals surface area contributed by atoms with Crippen molar-refractivity contribution < 1.29 is 14.3 Å². The minimum absolute atomic E-state index is 0.287. The molecule has 0 fully saturated rings. The van der Waals surface area contributed by atoms with Gasteiger partial charge in [0.25, 0.3) is 0 Å². The molecule has 0 bridgehead atoms. The van der Waals surface area contributed by atoms with Crippen LogP contribution in [0.1, 0.15) is 63.0 Å². The third kappa shape index (κ3) is 3.97. The lowest BCUT2D eigenvalue weighted by atomic mass is 9.95. The first-order chi connectivity index (χ1) is 15.7. The highest BCUT2D eigenvalue weighted by Crippen LogP contribution is 2.40. The zero-order valence-electron chi connectivity index (χ0n) is 18.2. The highest BCUT2D eigenvalue weighted by atomic mass is 32.1. The SMILES string of the molecule is CCOC(=O)c1c(NC(=O)NCc2c(-n3cccc3)sc3c2CCCC3)sc2c1CCC2. The summed E-state index contributed by atoms with van der Waals surface area (Å²) in [5.74, 6) is -0.344. The fraction of sp³-hybridized carbons (Fsp3) is 0.417. The number of aryl methyl sites for hydroxylation is 2. The van der Waals surface area contributed by atoms with E-state index in [1.54, 1.807) is 6.92 Å². The summed E-state index contributed by atoms with van der Waals surface area (Å²) in [6.07, 6.45) is 11.6. The normalized spacial score (nSPS) is 14.7. The van der Waals surface area contributed by atoms with Crippen molar-refractivity contribution in [2.75, 3.05) is 11.9 Å². The molecule has 0 aliphatic heterocycles. The maximum absolute atomic E-state index is 12.9. The molecule has 2 amide bonds. The number of urea groups is 1. The van der Waals surface area contributed by atoms with Crippen LogP contribution >= 0.6 is 22.7 Å². The summed E-state index contributed by atoms with van der Waals surface area (Å²) in [5.41, 5.74) is 4.19. The fourth-order valence-electron chi connectivity index (χ4n) is 4.71. The number of carbonyl (C=O) groups is 2. The van der Waals surface area contributed by atoms with Crippen LogP contribution in [-0.2, 0) is 37.0 Å². The average molecular weight is 470 g/mol. The Labute approximate surface area is 195 Å². The van der Waals surface area contributed by atoms with Gasteiger partial charge >= 0.3 is 12.0 Å². The molecule has 0 aromatic carbocycles. The molecule has 2 aliphatic rings. The molecule has 3 aromatic rings. The van der Waals surface area contributed by atoms with Gasteiger partial charge in [0, 0.05) is 34.3 Å². The molecule has 6 nitrogen and oxygen atoms in total. The molecule has 2 N–H and O–H groups in total. The molecule has 8 heteroatoms. The predicted molar refractivity (Wildman–Crippen MR) is 128 cm³/mol. The summed E-state index contributed by atoms with van der Waals surface area (Å²) < 4.78 is 7.41. The molecule has 5 rings (SSSR count). The second-order valence-corrected chi connectivity index (χ2v) is 10.4. The molecule has 32 heavy (non-hydrogen) atoms. The molecular weight excluding hydrogens is 442 g/mol. The van der Waals surface area contributed by atoms with Gasteiger partial charge in [-0.1, -0.05) is 0 Å². The van der Waals surface area contributed by atoms with E-state index < -0.39 is 0 Å². The van der Waals surface area contributed by atoms with Gasteiger partial charge in [-0.15, -0.1) is 22.7 Å². The van der Waals surface area contributed by atoms with E-state index in [0.29, 0.717) is 23.7 Å². The Morgan fingerprint density at radius 3 is 2.53 bits per heavy atom. The number of ether oxygens (including phenoxy) is 1. The topological polar surface area (TPSA) is 72.4 Å². The van der Waals surface area contributed by atoms with Crippen LogP contribution in [0.25, 0.3) is 5.00 Å². The number of nitrogens with one attached hydrogen (secondary N) is 2. The van der Waals surface area contributed by atoms with Crippen molar-refractivity contribution in [3.8, 4) is 5.00 Å². The number of fused-ring (bicyclic) bond motifs is 2. The second-order valence-electron chi connectivity index (χ2n) is 8.17. The van der Waals surface area contributed by atoms with Crippen molar-refractivity contribution >= 4 is 39.7 Å². The van der Waals surface area contributed by atoms with Crippen molar-refractivity contribution in [2.45, 2.75) is 58.4 Å². The van der Waals surface area contributed by atoms with Gasteiger partial charge in [-0.3, -0.25) is 5.32 Å². The van der Waals surface area contributed by atoms with E-state index in [0.717, 1.165) is 37.7 Å². The predicted octanol–water partition coefficient (Wildman–Crippen LogP) is 5.47. The van der Waals surface area contributed by atoms with Crippen LogP contribution in [0.5, 0.6) is 0 Å². The lowest BCUT2D eigenvalue weighted by molar-refractivity contribution is 0.0527. The molecule has 0 radical (unpaired) electrons. The third-order valence-electron chi connectivity index (χ3n) is 6.15. The van der Waals surface area contributed by atoms with E-state index in [9.17, 15) is 9.59 Å². The number of anilines is 1. The number of aromatic nitrogens is 1. The Balaban J connectivity index is 1.35. The number of amides is 2. The van der Waals surface area contributed by atoms with Gasteiger partial charge in [0.15, 0.2) is 0 Å². The smallest absolute Gasteiger partial charge is 0.341 e. The third-order valence-corrected chi connectivity index (χ3v) is 8.71. The molecule has 3 heterocycles. The summed E-state index contributed by atoms with van der Waals surface area (Å²) in [6.45, 7) is 2.58. The van der Waals surface area contributed by atoms with Crippen LogP contribution < -0.4 is 10.6 Å². The van der Waals surface area contributed by atoms with Crippen LogP contribution in [0.3, 0.4) is 0 Å². The second kappa shape index (κ2) is 9.11. The van der Waals surface area contributed by atoms with Crippen molar-refractivity contribution in [1.82, 2.24) is 9.88 Å². The summed E-state index contributed by atoms with van der Waals surface area (Å²) in [4.78, 5) is 28.0. The van der Waals surface area contributed by atoms with Gasteiger partial charge in [0.05, 0.1) is 12.2 Å². The first-order valence-electron chi connectivity index (χ1n) is 11.3. The molecule has 0 atom stereocenters. The van der Waals surface area contributed by atoms with Crippen LogP contribution in [0.2, 0.25) is 0 Å². The molecule has 0 unspecified atom stereocenters. The van der Waals surface area contributed by atoms with E-state index in [2.05, 4.69) is 27.6 Å². The Morgan fingerprint density at radius 2 is 1.72 bits per heavy atom. The summed E-state index contributed by atoms with van der Waals surface area (Å²) in [7, 11) is 0. The number of esters is 1. The summed E-state index contributed by atoms with van der Waals surface area (Å²) in [6, 6.07) is 3.76. The van der Waals surface area contributed by atoms with E-state index >= 15 is 0 Å². The Morgan fingerprint density at radius 1 is 1.00 bits per heavy atom. The highest BCUT2D eigenvalue weighted by molar-refractivity contribution is 7.17. The lowest BCUT2D eigenvalue weighted by Crippen LogP contribution is -2.29. The maximum atomic E-state index is 12.9. The minimum atomic E-state index is -0.344. The molecular formula is C24H27N3O3S2. The molecule has 0 saturated heterocycles. The van der Waals surface area contributed by atoms with E-state index in [1.165, 1.54) is 50.1 Å². The van der Waals surface area contributed by atoms with E-state index in [1.807, 2.05) is 23.5 Å². The molecule has 2 aliphatic carbocycles. The largest absolute Gasteiger partial charge is 0.462 e. The number of nitrogens with zero attached hydrogens (tertiary/aromatic N) is 1. The van der Waals surface area contributed by atoms with Crippen LogP contribution in [-0.4, -0.2) is 23.2 Å². The summed E-state index contributed by atoms with van der Waals surface area (Å²) in [5, 5.41) is 7.77. The van der Waals surface area contributed by atoms with Gasteiger partial charge in [-0.2, -0.15) is 0 Å². The number of thiophene rings is 2. The van der Waals surface area contributed by atoms with Crippen LogP contribution in [0.15, 0.2) is 24.5 Å². The van der Waals surface area contributed by atoms with Crippen molar-refractivity contribution in [3.63, 3.8) is 0 Å². The van der Waals surface area contributed by atoms with Gasteiger partial charge in [-0.05, 0) is 75.1 Å². The quantitative estimate of drug-likeness (QED) is 0.471. The zero-order chi connectivity index (χ0) is 22.1. The Kier molecular flexibility index (Phi) is 6.06. The molecule has 0 saturated carbocycles. The Bertz CT molecular complexity index is 1140. The number of rotatable bonds is 6. The Hall–Kier alpha value is -2.58. The minimum Gasteiger partial charge on any atom is -0.462 e. The van der Waals surface area contributed by atoms with Crippen LogP contribution in [0, 0.1) is 0 Å². The first kappa shape index (κ1) is 21.3. The van der Waals surface area contributed by atoms with E-state index in [-0.39, 0.29) is 12.0 Å². The monoisotopic (exact) mass is 469 g/mol. The standard InChI is InChI=1S/C24H27N3O3S2/c1-2-30-23(28)20-16-9-7-11-19(16)31-21(20)26-24(29)25-14-17-15-8-3-4-10-18(15)32-22(17)27-12-5-6-13-27/h5-6,12-13H,2-4,7-11,14H2,1H3,(H2,25,26,29). The molecule has 0 spiro atoms. The number of hydrogen-bond acceptors (Lipinski definition) is 5. The van der Waals surface area contributed by atoms with Gasteiger partial charge < -0.3 is 14.6 Å².